The normalized spacial score (nSPS) is 43.1. The van der Waals surface area contributed by atoms with Crippen molar-refractivity contribution in [3.8, 4) is 0 Å². The fourth-order valence-electron chi connectivity index (χ4n) is 9.22. The van der Waals surface area contributed by atoms with Crippen molar-refractivity contribution in [2.45, 2.75) is 96.9 Å². The molecular weight excluding hydrogens is 523 g/mol. The molecule has 0 bridgehead atoms. The zero-order valence-electron chi connectivity index (χ0n) is 23.2. The van der Waals surface area contributed by atoms with Crippen molar-refractivity contribution in [1.82, 2.24) is 5.01 Å². The third-order valence-electron chi connectivity index (χ3n) is 11.3. The molecule has 0 aromatic heterocycles. The van der Waals surface area contributed by atoms with E-state index in [-0.39, 0.29) is 83.0 Å². The minimum absolute atomic E-state index is 0. The van der Waals surface area contributed by atoms with Crippen molar-refractivity contribution < 1.29 is 62.6 Å². The minimum Gasteiger partial charge on any atom is -0.748 e. The van der Waals surface area contributed by atoms with Gasteiger partial charge >= 0.3 is 29.6 Å². The summed E-state index contributed by atoms with van der Waals surface area (Å²) in [5, 5.41) is 36.4. The first kappa shape index (κ1) is 32.4. The second-order valence-corrected chi connectivity index (χ2v) is 14.4. The number of aliphatic hydroxyl groups excluding tert-OH is 3. The summed E-state index contributed by atoms with van der Waals surface area (Å²) in [4.78, 5) is 23.5. The fraction of sp³-hybridized carbons (Fsp3) is 0.962. The van der Waals surface area contributed by atoms with Crippen molar-refractivity contribution in [3.63, 3.8) is 0 Å². The molecule has 1 amide bonds. The largest absolute Gasteiger partial charge is 1.00 e. The zero-order valence-corrected chi connectivity index (χ0v) is 26.0. The van der Waals surface area contributed by atoms with Crippen LogP contribution in [0.1, 0.15) is 78.6 Å². The van der Waals surface area contributed by atoms with Crippen LogP contribution in [-0.2, 0) is 14.9 Å². The predicted octanol–water partition coefficient (Wildman–Crippen LogP) is -0.577. The molecule has 3 N–H and O–H groups in total. The Morgan fingerprint density at radius 3 is 2.42 bits per heavy atom. The minimum atomic E-state index is -4.57. The molecule has 4 saturated carbocycles. The average molecular weight is 567 g/mol. The number of amides is 1. The summed E-state index contributed by atoms with van der Waals surface area (Å²) in [6.45, 7) is 5.93. The summed E-state index contributed by atoms with van der Waals surface area (Å²) in [5.41, 5.74) is -0.397. The number of fused-ring (bicyclic) bond motifs is 5. The van der Waals surface area contributed by atoms with Gasteiger partial charge in [-0.3, -0.25) is 4.79 Å². The van der Waals surface area contributed by atoms with E-state index in [1.807, 2.05) is 6.92 Å². The Kier molecular flexibility index (Phi) is 10.2. The molecule has 212 valence electrons. The van der Waals surface area contributed by atoms with Gasteiger partial charge in [-0.05, 0) is 97.7 Å². The molecule has 38 heavy (non-hydrogen) atoms. The summed E-state index contributed by atoms with van der Waals surface area (Å²) in [6.07, 6.45) is 4.66. The fourth-order valence-corrected chi connectivity index (χ4v) is 9.62. The van der Waals surface area contributed by atoms with E-state index >= 15 is 0 Å². The van der Waals surface area contributed by atoms with E-state index in [2.05, 4.69) is 19.1 Å². The quantitative estimate of drug-likeness (QED) is 0.152. The van der Waals surface area contributed by atoms with Crippen molar-refractivity contribution in [3.05, 3.63) is 4.91 Å². The van der Waals surface area contributed by atoms with Gasteiger partial charge in [-0.1, -0.05) is 20.8 Å². The van der Waals surface area contributed by atoms with E-state index in [0.29, 0.717) is 24.3 Å². The molecule has 4 fully saturated rings. The van der Waals surface area contributed by atoms with E-state index < -0.39 is 45.9 Å². The van der Waals surface area contributed by atoms with E-state index in [9.17, 15) is 38.0 Å². The van der Waals surface area contributed by atoms with Crippen molar-refractivity contribution in [1.29, 1.82) is 0 Å². The van der Waals surface area contributed by atoms with Gasteiger partial charge in [0.1, 0.15) is 0 Å². The van der Waals surface area contributed by atoms with Crippen molar-refractivity contribution in [2.24, 2.45) is 51.6 Å². The third-order valence-corrected chi connectivity index (χ3v) is 12.0. The number of carbonyl (C=O) groups is 1. The Hall–Kier alpha value is -0.140. The van der Waals surface area contributed by atoms with Gasteiger partial charge in [0.25, 0.3) is 0 Å². The third kappa shape index (κ3) is 5.91. The van der Waals surface area contributed by atoms with Crippen LogP contribution in [0.5, 0.6) is 0 Å². The van der Waals surface area contributed by atoms with Crippen LogP contribution in [0.3, 0.4) is 0 Å². The van der Waals surface area contributed by atoms with Gasteiger partial charge in [-0.15, -0.1) is 4.91 Å². The number of rotatable bonds is 8. The Balaban J connectivity index is 0.00000400. The molecular formula is C26H43N2NaO8S. The number of aliphatic hydroxyl groups is 3. The van der Waals surface area contributed by atoms with Gasteiger partial charge in [-0.2, -0.15) is 5.01 Å². The van der Waals surface area contributed by atoms with Crippen LogP contribution >= 0.6 is 0 Å². The van der Waals surface area contributed by atoms with Crippen LogP contribution < -0.4 is 29.6 Å². The zero-order chi connectivity index (χ0) is 27.3. The maximum Gasteiger partial charge on any atom is 1.00 e. The molecule has 4 aliphatic carbocycles. The molecule has 11 atom stereocenters. The standard InChI is InChI=1S/C26H44N2O8S.Na/c1-15(4-7-23(32)28(27-33)10-11-37(34,35)36)18-5-6-19-24-20(14-22(31)26(18,19)3)25(2)9-8-17(29)12-16(25)13-21(24)30;/h15-22,24,29-31H,4-14H2,1-3H3,(H,34,35,36);/q;+1/p-1/t15-,16+,17-,18-,19?,20?,21-,22+,24?,25+,26-;/m1./s1. The van der Waals surface area contributed by atoms with Gasteiger partial charge in [0.05, 0.1) is 46.0 Å². The summed E-state index contributed by atoms with van der Waals surface area (Å²) in [5.74, 6) is -0.553. The van der Waals surface area contributed by atoms with Crippen molar-refractivity contribution in [2.75, 3.05) is 12.3 Å². The second kappa shape index (κ2) is 12.0. The van der Waals surface area contributed by atoms with E-state index in [1.54, 1.807) is 0 Å². The van der Waals surface area contributed by atoms with Crippen LogP contribution in [0.4, 0.5) is 0 Å². The first-order valence-corrected chi connectivity index (χ1v) is 15.4. The number of hydrogen-bond acceptors (Lipinski definition) is 9. The summed E-state index contributed by atoms with van der Waals surface area (Å²) < 4.78 is 32.6. The van der Waals surface area contributed by atoms with E-state index in [4.69, 9.17) is 0 Å². The topological polar surface area (TPSA) is 168 Å². The Morgan fingerprint density at radius 1 is 1.11 bits per heavy atom. The van der Waals surface area contributed by atoms with Crippen LogP contribution in [0, 0.1) is 51.2 Å². The van der Waals surface area contributed by atoms with Gasteiger partial charge in [0.15, 0.2) is 0 Å². The molecule has 0 aromatic rings. The monoisotopic (exact) mass is 566 g/mol. The molecule has 0 spiro atoms. The van der Waals surface area contributed by atoms with Gasteiger partial charge in [0.2, 0.25) is 5.91 Å². The Labute approximate surface area is 248 Å². The maximum absolute atomic E-state index is 12.5. The molecule has 4 aliphatic rings. The number of nitroso groups, excluding NO2 is 1. The van der Waals surface area contributed by atoms with Crippen LogP contribution in [0.15, 0.2) is 5.29 Å². The number of hydrogen-bond donors (Lipinski definition) is 3. The predicted molar refractivity (Wildman–Crippen MR) is 134 cm³/mol. The first-order chi connectivity index (χ1) is 17.2. The summed E-state index contributed by atoms with van der Waals surface area (Å²) in [6, 6.07) is 0. The molecule has 4 rings (SSSR count). The summed E-state index contributed by atoms with van der Waals surface area (Å²) >= 11 is 0. The molecule has 0 aliphatic heterocycles. The number of carbonyl (C=O) groups excluding carboxylic acids is 1. The number of nitrogens with zero attached hydrogens (tertiary/aromatic N) is 2. The Bertz CT molecular complexity index is 984. The van der Waals surface area contributed by atoms with Gasteiger partial charge in [-0.25, -0.2) is 8.42 Å². The van der Waals surface area contributed by atoms with E-state index in [1.165, 1.54) is 0 Å². The van der Waals surface area contributed by atoms with Crippen LogP contribution in [0.2, 0.25) is 0 Å². The average Bonchev–Trinajstić information content (AvgIpc) is 3.17. The van der Waals surface area contributed by atoms with Crippen LogP contribution in [0.25, 0.3) is 0 Å². The summed E-state index contributed by atoms with van der Waals surface area (Å²) in [7, 11) is -4.57. The van der Waals surface area contributed by atoms with E-state index in [0.717, 1.165) is 32.1 Å². The Morgan fingerprint density at radius 2 is 1.79 bits per heavy atom. The second-order valence-electron chi connectivity index (χ2n) is 12.9. The molecule has 0 heterocycles. The smallest absolute Gasteiger partial charge is 0.748 e. The molecule has 3 unspecified atom stereocenters. The molecule has 0 aromatic carbocycles. The maximum atomic E-state index is 12.5. The van der Waals surface area contributed by atoms with Crippen molar-refractivity contribution >= 4 is 16.0 Å². The SMILES string of the molecule is C[C@H](CCC(=O)N(CCS(=O)(=O)[O-])N=O)[C@H]1CCC2C3C(C[C@H](O)[C@@]21C)[C@@]1(C)CC[C@@H](O)C[C@H]1C[C@H]3O.[Na+]. The first-order valence-electron chi connectivity index (χ1n) is 13.8. The molecule has 12 heteroatoms. The molecule has 10 nitrogen and oxygen atoms in total. The van der Waals surface area contributed by atoms with Gasteiger partial charge in [0, 0.05) is 6.42 Å². The van der Waals surface area contributed by atoms with Gasteiger partial charge < -0.3 is 19.9 Å². The van der Waals surface area contributed by atoms with Crippen LogP contribution in [-0.4, -0.2) is 69.8 Å². The molecule has 0 saturated heterocycles. The molecule has 0 radical (unpaired) electrons.